The number of nitrogens with two attached hydrogens (primary N) is 1. The molecule has 0 saturated heterocycles. The third-order valence-corrected chi connectivity index (χ3v) is 5.91. The zero-order chi connectivity index (χ0) is 24.9. The smallest absolute Gasteiger partial charge is 0.330 e. The molecule has 3 N–H and O–H groups in total. The molecule has 0 bridgehead atoms. The summed E-state index contributed by atoms with van der Waals surface area (Å²) in [5.74, 6) is -0.455. The van der Waals surface area contributed by atoms with E-state index in [0.29, 0.717) is 25.2 Å². The highest BCUT2D eigenvalue weighted by Gasteiger charge is 2.28. The fourth-order valence-electron chi connectivity index (χ4n) is 4.24. The number of nitrogens with zero attached hydrogens (tertiary/aromatic N) is 3. The SMILES string of the molecule is CCCn1c(N)c(N(CCOC)C(=O)c2cc3ccccc3n2Cc2ccccc2)c(=O)[nH]c1=O. The summed E-state index contributed by atoms with van der Waals surface area (Å²) in [5.41, 5.74) is 7.25. The molecule has 2 heterocycles. The number of aromatic nitrogens is 3. The Balaban J connectivity index is 1.88. The molecular formula is C26H29N5O4. The molecule has 4 aromatic rings. The van der Waals surface area contributed by atoms with E-state index in [2.05, 4.69) is 4.98 Å². The van der Waals surface area contributed by atoms with Crippen molar-refractivity contribution in [3.8, 4) is 0 Å². The van der Waals surface area contributed by atoms with Crippen LogP contribution in [-0.2, 0) is 17.8 Å². The molecule has 2 aromatic heterocycles. The summed E-state index contributed by atoms with van der Waals surface area (Å²) in [5, 5.41) is 0.899. The van der Waals surface area contributed by atoms with Crippen LogP contribution in [0.2, 0.25) is 0 Å². The van der Waals surface area contributed by atoms with Crippen molar-refractivity contribution in [1.29, 1.82) is 0 Å². The second-order valence-corrected chi connectivity index (χ2v) is 8.25. The number of amides is 1. The number of carbonyl (C=O) groups excluding carboxylic acids is 1. The van der Waals surface area contributed by atoms with E-state index in [-0.39, 0.29) is 24.7 Å². The van der Waals surface area contributed by atoms with Crippen molar-refractivity contribution in [3.05, 3.63) is 92.8 Å². The lowest BCUT2D eigenvalue weighted by molar-refractivity contribution is 0.0967. The number of fused-ring (bicyclic) bond motifs is 1. The standard InChI is InChI=1S/C26H29N5O4/c1-3-13-30-23(27)22(24(32)28-26(30)34)29(14-15-35-2)25(33)21-16-19-11-7-8-12-20(19)31(21)17-18-9-5-4-6-10-18/h4-12,16H,3,13-15,17,27H2,1-2H3,(H,28,32,34). The normalized spacial score (nSPS) is 11.1. The minimum absolute atomic E-state index is 0.0456. The van der Waals surface area contributed by atoms with Gasteiger partial charge in [-0.15, -0.1) is 0 Å². The molecule has 9 heteroatoms. The average Bonchev–Trinajstić information content (AvgIpc) is 3.22. The molecule has 2 aromatic carbocycles. The number of ether oxygens (including phenoxy) is 1. The molecule has 0 atom stereocenters. The van der Waals surface area contributed by atoms with Gasteiger partial charge in [-0.05, 0) is 24.1 Å². The van der Waals surface area contributed by atoms with Gasteiger partial charge in [0.15, 0.2) is 5.69 Å². The molecule has 182 valence electrons. The third-order valence-electron chi connectivity index (χ3n) is 5.91. The molecule has 4 rings (SSSR count). The van der Waals surface area contributed by atoms with Gasteiger partial charge in [0, 0.05) is 37.6 Å². The van der Waals surface area contributed by atoms with Gasteiger partial charge in [0.2, 0.25) is 0 Å². The lowest BCUT2D eigenvalue weighted by Crippen LogP contribution is -2.43. The summed E-state index contributed by atoms with van der Waals surface area (Å²) >= 11 is 0. The maximum Gasteiger partial charge on any atom is 0.330 e. The van der Waals surface area contributed by atoms with E-state index >= 15 is 0 Å². The van der Waals surface area contributed by atoms with E-state index in [4.69, 9.17) is 10.5 Å². The van der Waals surface area contributed by atoms with Gasteiger partial charge in [0.1, 0.15) is 11.5 Å². The number of nitrogens with one attached hydrogen (secondary N) is 1. The lowest BCUT2D eigenvalue weighted by atomic mass is 10.2. The number of rotatable bonds is 9. The summed E-state index contributed by atoms with van der Waals surface area (Å²) in [6, 6.07) is 19.4. The van der Waals surface area contributed by atoms with E-state index in [0.717, 1.165) is 16.5 Å². The first kappa shape index (κ1) is 24.0. The molecule has 0 radical (unpaired) electrons. The Kier molecular flexibility index (Phi) is 7.17. The van der Waals surface area contributed by atoms with Gasteiger partial charge in [-0.1, -0.05) is 55.5 Å². The van der Waals surface area contributed by atoms with Gasteiger partial charge in [-0.25, -0.2) is 4.79 Å². The van der Waals surface area contributed by atoms with Crippen LogP contribution in [0.15, 0.2) is 70.3 Å². The number of hydrogen-bond donors (Lipinski definition) is 2. The molecule has 0 aliphatic heterocycles. The molecule has 9 nitrogen and oxygen atoms in total. The highest BCUT2D eigenvalue weighted by Crippen LogP contribution is 2.25. The Morgan fingerprint density at radius 3 is 2.49 bits per heavy atom. The molecular weight excluding hydrogens is 446 g/mol. The predicted molar refractivity (Wildman–Crippen MR) is 137 cm³/mol. The molecule has 0 fully saturated rings. The summed E-state index contributed by atoms with van der Waals surface area (Å²) < 4.78 is 8.43. The molecule has 1 amide bonds. The Morgan fingerprint density at radius 1 is 1.06 bits per heavy atom. The van der Waals surface area contributed by atoms with E-state index in [1.54, 1.807) is 0 Å². The van der Waals surface area contributed by atoms with E-state index in [1.165, 1.54) is 16.6 Å². The third kappa shape index (κ3) is 4.76. The van der Waals surface area contributed by atoms with Crippen molar-refractivity contribution in [2.45, 2.75) is 26.4 Å². The molecule has 0 spiro atoms. The second kappa shape index (κ2) is 10.4. The van der Waals surface area contributed by atoms with Crippen LogP contribution in [0, 0.1) is 0 Å². The van der Waals surface area contributed by atoms with Crippen molar-refractivity contribution < 1.29 is 9.53 Å². The molecule has 0 unspecified atom stereocenters. The fourth-order valence-corrected chi connectivity index (χ4v) is 4.24. The highest BCUT2D eigenvalue weighted by molar-refractivity contribution is 6.09. The quantitative estimate of drug-likeness (QED) is 0.386. The van der Waals surface area contributed by atoms with Crippen LogP contribution in [0.4, 0.5) is 11.5 Å². The lowest BCUT2D eigenvalue weighted by Gasteiger charge is -2.25. The number of aromatic amines is 1. The number of H-pyrrole nitrogens is 1. The van der Waals surface area contributed by atoms with Crippen molar-refractivity contribution in [3.63, 3.8) is 0 Å². The van der Waals surface area contributed by atoms with Gasteiger partial charge in [-0.3, -0.25) is 24.0 Å². The van der Waals surface area contributed by atoms with Crippen LogP contribution in [0.1, 0.15) is 29.4 Å². The topological polar surface area (TPSA) is 115 Å². The number of para-hydroxylation sites is 1. The van der Waals surface area contributed by atoms with Crippen molar-refractivity contribution >= 4 is 28.3 Å². The number of hydrogen-bond acceptors (Lipinski definition) is 5. The van der Waals surface area contributed by atoms with Crippen molar-refractivity contribution in [2.24, 2.45) is 0 Å². The zero-order valence-corrected chi connectivity index (χ0v) is 19.9. The summed E-state index contributed by atoms with van der Waals surface area (Å²) in [6.07, 6.45) is 0.632. The molecule has 0 aliphatic carbocycles. The number of nitrogen functional groups attached to an aromatic ring is 1. The van der Waals surface area contributed by atoms with Gasteiger partial charge in [0.25, 0.3) is 11.5 Å². The Hall–Kier alpha value is -4.11. The molecule has 0 aliphatic rings. The Morgan fingerprint density at radius 2 is 1.77 bits per heavy atom. The van der Waals surface area contributed by atoms with E-state index < -0.39 is 17.2 Å². The predicted octanol–water partition coefficient (Wildman–Crippen LogP) is 2.83. The first-order chi connectivity index (χ1) is 17.0. The van der Waals surface area contributed by atoms with Gasteiger partial charge < -0.3 is 15.0 Å². The van der Waals surface area contributed by atoms with Crippen LogP contribution in [0.5, 0.6) is 0 Å². The van der Waals surface area contributed by atoms with Crippen LogP contribution < -0.4 is 21.9 Å². The van der Waals surface area contributed by atoms with Crippen molar-refractivity contribution in [1.82, 2.24) is 14.1 Å². The van der Waals surface area contributed by atoms with Crippen LogP contribution in [0.25, 0.3) is 10.9 Å². The van der Waals surface area contributed by atoms with Crippen molar-refractivity contribution in [2.75, 3.05) is 30.9 Å². The maximum absolute atomic E-state index is 14.0. The maximum atomic E-state index is 14.0. The monoisotopic (exact) mass is 475 g/mol. The first-order valence-electron chi connectivity index (χ1n) is 11.5. The Labute approximate surface area is 202 Å². The number of carbonyl (C=O) groups is 1. The number of anilines is 2. The van der Waals surface area contributed by atoms with E-state index in [1.807, 2.05) is 72.2 Å². The fraction of sp³-hybridized carbons (Fsp3) is 0.269. The average molecular weight is 476 g/mol. The number of benzene rings is 2. The highest BCUT2D eigenvalue weighted by atomic mass is 16.5. The minimum Gasteiger partial charge on any atom is -0.383 e. The number of methoxy groups -OCH3 is 1. The minimum atomic E-state index is -0.713. The molecule has 0 saturated carbocycles. The Bertz CT molecular complexity index is 1450. The van der Waals surface area contributed by atoms with Gasteiger partial charge >= 0.3 is 5.69 Å². The summed E-state index contributed by atoms with van der Waals surface area (Å²) in [7, 11) is 1.51. The van der Waals surface area contributed by atoms with E-state index in [9.17, 15) is 14.4 Å². The summed E-state index contributed by atoms with van der Waals surface area (Å²) in [6.45, 7) is 2.94. The summed E-state index contributed by atoms with van der Waals surface area (Å²) in [4.78, 5) is 42.9. The van der Waals surface area contributed by atoms with Gasteiger partial charge in [-0.2, -0.15) is 0 Å². The van der Waals surface area contributed by atoms with Gasteiger partial charge in [0.05, 0.1) is 6.61 Å². The largest absolute Gasteiger partial charge is 0.383 e. The molecule has 35 heavy (non-hydrogen) atoms. The zero-order valence-electron chi connectivity index (χ0n) is 19.9. The second-order valence-electron chi connectivity index (χ2n) is 8.25. The first-order valence-corrected chi connectivity index (χ1v) is 11.5. The van der Waals surface area contributed by atoms with Crippen LogP contribution in [-0.4, -0.2) is 40.3 Å². The van der Waals surface area contributed by atoms with Crippen LogP contribution >= 0.6 is 0 Å². The van der Waals surface area contributed by atoms with Crippen LogP contribution in [0.3, 0.4) is 0 Å².